The van der Waals surface area contributed by atoms with Crippen LogP contribution in [0.4, 0.5) is 13.6 Å². The molecule has 3 aromatic rings. The van der Waals surface area contributed by atoms with Gasteiger partial charge in [0.2, 0.25) is 5.91 Å². The zero-order valence-corrected chi connectivity index (χ0v) is 14.7. The van der Waals surface area contributed by atoms with E-state index in [1.807, 2.05) is 48.5 Å². The minimum Gasteiger partial charge on any atom is -0.327 e. The Morgan fingerprint density at radius 2 is 1.32 bits per heavy atom. The molecule has 0 unspecified atom stereocenters. The first kappa shape index (κ1) is 17.9. The Labute approximate surface area is 160 Å². The van der Waals surface area contributed by atoms with Crippen LogP contribution in [0.25, 0.3) is 11.1 Å². The van der Waals surface area contributed by atoms with Crippen molar-refractivity contribution in [3.63, 3.8) is 0 Å². The van der Waals surface area contributed by atoms with E-state index in [1.54, 1.807) is 0 Å². The zero-order chi connectivity index (χ0) is 19.7. The molecule has 3 amide bonds. The van der Waals surface area contributed by atoms with E-state index in [0.717, 1.165) is 34.4 Å². The lowest BCUT2D eigenvalue weighted by atomic mass is 10.1. The monoisotopic (exact) mass is 378 g/mol. The van der Waals surface area contributed by atoms with E-state index in [-0.39, 0.29) is 5.56 Å². The van der Waals surface area contributed by atoms with Gasteiger partial charge in [0.25, 0.3) is 0 Å². The molecule has 28 heavy (non-hydrogen) atoms. The molecule has 0 fully saturated rings. The number of rotatable bonds is 3. The third-order valence-corrected chi connectivity index (χ3v) is 4.76. The number of imide groups is 1. The summed E-state index contributed by atoms with van der Waals surface area (Å²) in [5.74, 6) is -2.44. The van der Waals surface area contributed by atoms with Crippen molar-refractivity contribution in [2.24, 2.45) is 0 Å². The molecule has 1 aliphatic rings. The molecule has 0 spiro atoms. The largest absolute Gasteiger partial charge is 0.327 e. The van der Waals surface area contributed by atoms with Crippen molar-refractivity contribution in [1.29, 1.82) is 0 Å². The van der Waals surface area contributed by atoms with Gasteiger partial charge < -0.3 is 5.32 Å². The number of hydrogen-bond donors (Lipinski definition) is 2. The lowest BCUT2D eigenvalue weighted by Crippen LogP contribution is -2.41. The van der Waals surface area contributed by atoms with Gasteiger partial charge in [-0.3, -0.25) is 10.1 Å². The predicted molar refractivity (Wildman–Crippen MR) is 100 cm³/mol. The summed E-state index contributed by atoms with van der Waals surface area (Å²) in [5.41, 5.74) is 3.51. The van der Waals surface area contributed by atoms with E-state index in [0.29, 0.717) is 0 Å². The van der Waals surface area contributed by atoms with Gasteiger partial charge in [-0.05, 0) is 34.4 Å². The van der Waals surface area contributed by atoms with E-state index in [9.17, 15) is 18.4 Å². The first-order valence-corrected chi connectivity index (χ1v) is 8.76. The number of urea groups is 1. The van der Waals surface area contributed by atoms with Crippen LogP contribution >= 0.6 is 0 Å². The summed E-state index contributed by atoms with van der Waals surface area (Å²) in [7, 11) is 0. The average molecular weight is 378 g/mol. The predicted octanol–water partition coefficient (Wildman–Crippen LogP) is 4.10. The van der Waals surface area contributed by atoms with E-state index >= 15 is 0 Å². The summed E-state index contributed by atoms with van der Waals surface area (Å²) >= 11 is 0. The van der Waals surface area contributed by atoms with Crippen molar-refractivity contribution in [2.75, 3.05) is 0 Å². The Kier molecular flexibility index (Phi) is 4.61. The van der Waals surface area contributed by atoms with Crippen LogP contribution < -0.4 is 10.6 Å². The average Bonchev–Trinajstić information content (AvgIpc) is 2.99. The van der Waals surface area contributed by atoms with Crippen molar-refractivity contribution in [2.45, 2.75) is 12.5 Å². The Balaban J connectivity index is 1.49. The fourth-order valence-electron chi connectivity index (χ4n) is 3.51. The third-order valence-electron chi connectivity index (χ3n) is 4.76. The van der Waals surface area contributed by atoms with Crippen molar-refractivity contribution < 1.29 is 18.4 Å². The fourth-order valence-corrected chi connectivity index (χ4v) is 3.51. The van der Waals surface area contributed by atoms with Crippen LogP contribution in [0, 0.1) is 11.6 Å². The molecule has 6 heteroatoms. The Morgan fingerprint density at radius 3 is 1.89 bits per heavy atom. The summed E-state index contributed by atoms with van der Waals surface area (Å²) < 4.78 is 27.4. The number of hydrogen-bond acceptors (Lipinski definition) is 2. The van der Waals surface area contributed by atoms with Gasteiger partial charge in [0.1, 0.15) is 11.6 Å². The highest BCUT2D eigenvalue weighted by molar-refractivity contribution is 5.96. The maximum atomic E-state index is 13.7. The SMILES string of the molecule is O=C(Cc1c(F)cccc1F)NC(=O)NC1c2ccccc2-c2ccccc21. The number of halogens is 2. The molecule has 2 N–H and O–H groups in total. The molecule has 0 saturated heterocycles. The van der Waals surface area contributed by atoms with Crippen LogP contribution in [-0.4, -0.2) is 11.9 Å². The van der Waals surface area contributed by atoms with Gasteiger partial charge in [-0.1, -0.05) is 54.6 Å². The molecule has 0 atom stereocenters. The molecule has 0 radical (unpaired) electrons. The van der Waals surface area contributed by atoms with Gasteiger partial charge in [-0.2, -0.15) is 0 Å². The second kappa shape index (κ2) is 7.23. The minimum atomic E-state index is -0.825. The van der Waals surface area contributed by atoms with Crippen molar-refractivity contribution in [1.82, 2.24) is 10.6 Å². The lowest BCUT2D eigenvalue weighted by Gasteiger charge is -2.16. The molecule has 140 valence electrons. The van der Waals surface area contributed by atoms with Gasteiger partial charge >= 0.3 is 6.03 Å². The van der Waals surface area contributed by atoms with Crippen LogP contribution in [0.15, 0.2) is 66.7 Å². The van der Waals surface area contributed by atoms with Gasteiger partial charge in [-0.25, -0.2) is 13.6 Å². The van der Waals surface area contributed by atoms with Crippen molar-refractivity contribution in [3.05, 3.63) is 95.1 Å². The highest BCUT2D eigenvalue weighted by Gasteiger charge is 2.29. The number of fused-ring (bicyclic) bond motifs is 3. The Morgan fingerprint density at radius 1 is 0.786 bits per heavy atom. The molecule has 0 bridgehead atoms. The molecule has 0 heterocycles. The summed E-state index contributed by atoms with van der Waals surface area (Å²) in [6.07, 6.45) is -0.566. The van der Waals surface area contributed by atoms with Gasteiger partial charge in [0.15, 0.2) is 0 Å². The zero-order valence-electron chi connectivity index (χ0n) is 14.7. The van der Waals surface area contributed by atoms with Crippen molar-refractivity contribution >= 4 is 11.9 Å². The maximum Gasteiger partial charge on any atom is 0.322 e. The number of carbonyl (C=O) groups is 2. The highest BCUT2D eigenvalue weighted by atomic mass is 19.1. The molecule has 0 saturated carbocycles. The molecule has 0 aliphatic heterocycles. The first-order chi connectivity index (χ1) is 13.5. The molecule has 3 aromatic carbocycles. The van der Waals surface area contributed by atoms with Crippen molar-refractivity contribution in [3.8, 4) is 11.1 Å². The third kappa shape index (κ3) is 3.24. The van der Waals surface area contributed by atoms with Crippen LogP contribution in [0.5, 0.6) is 0 Å². The molecular weight excluding hydrogens is 362 g/mol. The lowest BCUT2D eigenvalue weighted by molar-refractivity contribution is -0.119. The highest BCUT2D eigenvalue weighted by Crippen LogP contribution is 2.42. The molecular formula is C22H16F2N2O2. The second-order valence-electron chi connectivity index (χ2n) is 6.51. The number of amides is 3. The van der Waals surface area contributed by atoms with E-state index in [4.69, 9.17) is 0 Å². The smallest absolute Gasteiger partial charge is 0.322 e. The molecule has 4 rings (SSSR count). The summed E-state index contributed by atoms with van der Waals surface area (Å²) in [6, 6.07) is 17.6. The number of nitrogens with one attached hydrogen (secondary N) is 2. The van der Waals surface area contributed by atoms with Crippen LogP contribution in [0.1, 0.15) is 22.7 Å². The van der Waals surface area contributed by atoms with Gasteiger partial charge in [0, 0.05) is 5.56 Å². The normalized spacial score (nSPS) is 12.2. The standard InChI is InChI=1S/C22H16F2N2O2/c23-18-10-5-11-19(24)17(18)12-20(27)25-22(28)26-21-15-8-3-1-6-13(15)14-7-2-4-9-16(14)21/h1-11,21H,12H2,(H2,25,26,27,28). The number of carbonyl (C=O) groups excluding carboxylic acids is 2. The van der Waals surface area contributed by atoms with E-state index in [2.05, 4.69) is 10.6 Å². The number of benzene rings is 3. The Hall–Kier alpha value is -3.54. The Bertz CT molecular complexity index is 1020. The van der Waals surface area contributed by atoms with E-state index in [1.165, 1.54) is 6.07 Å². The summed E-state index contributed by atoms with van der Waals surface area (Å²) in [5, 5.41) is 4.93. The minimum absolute atomic E-state index is 0.371. The van der Waals surface area contributed by atoms with Gasteiger partial charge in [-0.15, -0.1) is 0 Å². The first-order valence-electron chi connectivity index (χ1n) is 8.76. The van der Waals surface area contributed by atoms with Gasteiger partial charge in [0.05, 0.1) is 12.5 Å². The van der Waals surface area contributed by atoms with E-state index < -0.39 is 36.0 Å². The molecule has 4 nitrogen and oxygen atoms in total. The molecule has 0 aromatic heterocycles. The fraction of sp³-hybridized carbons (Fsp3) is 0.0909. The molecule has 1 aliphatic carbocycles. The summed E-state index contributed by atoms with van der Waals surface area (Å²) in [4.78, 5) is 24.4. The van der Waals surface area contributed by atoms with Crippen LogP contribution in [0.3, 0.4) is 0 Å². The summed E-state index contributed by atoms with van der Waals surface area (Å²) in [6.45, 7) is 0. The quantitative estimate of drug-likeness (QED) is 0.721. The maximum absolute atomic E-state index is 13.7. The topological polar surface area (TPSA) is 58.2 Å². The second-order valence-corrected chi connectivity index (χ2v) is 6.51. The van der Waals surface area contributed by atoms with Crippen LogP contribution in [0.2, 0.25) is 0 Å². The van der Waals surface area contributed by atoms with Crippen LogP contribution in [-0.2, 0) is 11.2 Å².